The largest absolute Gasteiger partial charge is 0.461 e. The smallest absolute Gasteiger partial charge is 0.200 e. The molecular weight excluding hydrogens is 344 g/mol. The van der Waals surface area contributed by atoms with E-state index in [9.17, 15) is 0 Å². The molecule has 4 rings (SSSR count). The molecule has 5 nitrogen and oxygen atoms in total. The van der Waals surface area contributed by atoms with Crippen molar-refractivity contribution in [1.82, 2.24) is 19.7 Å². The van der Waals surface area contributed by atoms with Crippen LogP contribution in [0.5, 0.6) is 0 Å². The fourth-order valence-corrected chi connectivity index (χ4v) is 3.63. The van der Waals surface area contributed by atoms with Crippen molar-refractivity contribution in [2.75, 3.05) is 5.75 Å². The average molecular weight is 362 g/mol. The van der Waals surface area contributed by atoms with Gasteiger partial charge in [0.15, 0.2) is 10.9 Å². The molecule has 0 saturated carbocycles. The SMILES string of the molecule is c1ccc(Cn2c(SCCc3ccncc3)nnc2-c2ccco2)cc1. The highest BCUT2D eigenvalue weighted by atomic mass is 32.2. The third kappa shape index (κ3) is 3.86. The van der Waals surface area contributed by atoms with Gasteiger partial charge in [0.2, 0.25) is 5.82 Å². The Hall–Kier alpha value is -2.86. The lowest BCUT2D eigenvalue weighted by Crippen LogP contribution is -2.04. The van der Waals surface area contributed by atoms with E-state index in [1.807, 2.05) is 54.9 Å². The lowest BCUT2D eigenvalue weighted by molar-refractivity contribution is 0.569. The maximum Gasteiger partial charge on any atom is 0.200 e. The van der Waals surface area contributed by atoms with Crippen molar-refractivity contribution in [3.63, 3.8) is 0 Å². The Balaban J connectivity index is 1.55. The number of furan rings is 1. The summed E-state index contributed by atoms with van der Waals surface area (Å²) in [5, 5.41) is 9.67. The molecule has 0 aliphatic carbocycles. The molecule has 0 unspecified atom stereocenters. The highest BCUT2D eigenvalue weighted by Gasteiger charge is 2.16. The zero-order valence-electron chi connectivity index (χ0n) is 14.2. The number of aromatic nitrogens is 4. The number of pyridine rings is 1. The molecule has 6 heteroatoms. The average Bonchev–Trinajstić information content (AvgIpc) is 3.34. The second-order valence-electron chi connectivity index (χ2n) is 5.81. The molecule has 4 aromatic rings. The van der Waals surface area contributed by atoms with Gasteiger partial charge in [-0.1, -0.05) is 42.1 Å². The number of benzene rings is 1. The van der Waals surface area contributed by atoms with Crippen LogP contribution in [-0.4, -0.2) is 25.5 Å². The van der Waals surface area contributed by atoms with E-state index in [4.69, 9.17) is 4.42 Å². The number of hydrogen-bond acceptors (Lipinski definition) is 5. The van der Waals surface area contributed by atoms with Crippen molar-refractivity contribution in [3.8, 4) is 11.6 Å². The molecule has 26 heavy (non-hydrogen) atoms. The summed E-state index contributed by atoms with van der Waals surface area (Å²) in [6.45, 7) is 0.710. The van der Waals surface area contributed by atoms with Crippen LogP contribution in [0, 0.1) is 0 Å². The summed E-state index contributed by atoms with van der Waals surface area (Å²) in [6.07, 6.45) is 6.27. The molecule has 0 atom stereocenters. The van der Waals surface area contributed by atoms with Gasteiger partial charge in [0.25, 0.3) is 0 Å². The van der Waals surface area contributed by atoms with E-state index in [1.54, 1.807) is 18.0 Å². The molecule has 0 fully saturated rings. The quantitative estimate of drug-likeness (QED) is 0.458. The van der Waals surface area contributed by atoms with E-state index in [2.05, 4.69) is 31.9 Å². The Morgan fingerprint density at radius 2 is 1.73 bits per heavy atom. The van der Waals surface area contributed by atoms with Gasteiger partial charge in [-0.05, 0) is 41.8 Å². The molecule has 130 valence electrons. The Bertz CT molecular complexity index is 937. The van der Waals surface area contributed by atoms with E-state index < -0.39 is 0 Å². The van der Waals surface area contributed by atoms with Crippen molar-refractivity contribution in [2.24, 2.45) is 0 Å². The molecule has 0 amide bonds. The second-order valence-corrected chi connectivity index (χ2v) is 6.87. The van der Waals surface area contributed by atoms with Gasteiger partial charge in [-0.25, -0.2) is 0 Å². The molecule has 0 spiro atoms. The van der Waals surface area contributed by atoms with Crippen LogP contribution in [0.15, 0.2) is 82.8 Å². The van der Waals surface area contributed by atoms with E-state index in [0.29, 0.717) is 6.54 Å². The summed E-state index contributed by atoms with van der Waals surface area (Å²) >= 11 is 1.71. The standard InChI is InChI=1S/C20H18N4OS/c1-2-5-17(6-3-1)15-24-19(18-7-4-13-25-18)22-23-20(24)26-14-10-16-8-11-21-12-9-16/h1-9,11-13H,10,14-15H2. The van der Waals surface area contributed by atoms with Gasteiger partial charge < -0.3 is 4.42 Å². The van der Waals surface area contributed by atoms with Crippen LogP contribution in [-0.2, 0) is 13.0 Å². The zero-order chi connectivity index (χ0) is 17.6. The van der Waals surface area contributed by atoms with Crippen molar-refractivity contribution >= 4 is 11.8 Å². The minimum atomic E-state index is 0.710. The first-order chi connectivity index (χ1) is 12.9. The molecular formula is C20H18N4OS. The first-order valence-corrected chi connectivity index (χ1v) is 9.41. The van der Waals surface area contributed by atoms with Gasteiger partial charge in [-0.2, -0.15) is 0 Å². The Morgan fingerprint density at radius 3 is 2.50 bits per heavy atom. The summed E-state index contributed by atoms with van der Waals surface area (Å²) in [7, 11) is 0. The van der Waals surface area contributed by atoms with Crippen LogP contribution < -0.4 is 0 Å². The summed E-state index contributed by atoms with van der Waals surface area (Å²) in [5.41, 5.74) is 2.48. The minimum absolute atomic E-state index is 0.710. The summed E-state index contributed by atoms with van der Waals surface area (Å²) in [5.74, 6) is 2.41. The number of nitrogens with zero attached hydrogens (tertiary/aromatic N) is 4. The number of thioether (sulfide) groups is 1. The van der Waals surface area contributed by atoms with Crippen LogP contribution in [0.2, 0.25) is 0 Å². The summed E-state index contributed by atoms with van der Waals surface area (Å²) in [6, 6.07) is 18.2. The monoisotopic (exact) mass is 362 g/mol. The van der Waals surface area contributed by atoms with Crippen LogP contribution in [0.4, 0.5) is 0 Å². The van der Waals surface area contributed by atoms with Gasteiger partial charge in [-0.3, -0.25) is 9.55 Å². The first kappa shape index (κ1) is 16.6. The fourth-order valence-electron chi connectivity index (χ4n) is 2.70. The lowest BCUT2D eigenvalue weighted by Gasteiger charge is -2.09. The van der Waals surface area contributed by atoms with Crippen molar-refractivity contribution in [2.45, 2.75) is 18.1 Å². The highest BCUT2D eigenvalue weighted by molar-refractivity contribution is 7.99. The second kappa shape index (κ2) is 8.01. The highest BCUT2D eigenvalue weighted by Crippen LogP contribution is 2.26. The van der Waals surface area contributed by atoms with Gasteiger partial charge in [0, 0.05) is 18.1 Å². The predicted molar refractivity (Wildman–Crippen MR) is 102 cm³/mol. The molecule has 3 aromatic heterocycles. The molecule has 0 saturated heterocycles. The van der Waals surface area contributed by atoms with E-state index in [0.717, 1.165) is 28.9 Å². The van der Waals surface area contributed by atoms with Gasteiger partial charge >= 0.3 is 0 Å². The van der Waals surface area contributed by atoms with Crippen molar-refractivity contribution in [3.05, 3.63) is 84.4 Å². The first-order valence-electron chi connectivity index (χ1n) is 8.43. The lowest BCUT2D eigenvalue weighted by atomic mass is 10.2. The van der Waals surface area contributed by atoms with Gasteiger partial charge in [-0.15, -0.1) is 10.2 Å². The zero-order valence-corrected chi connectivity index (χ0v) is 15.0. The number of rotatable bonds is 7. The van der Waals surface area contributed by atoms with Crippen LogP contribution in [0.3, 0.4) is 0 Å². The molecule has 0 aliphatic rings. The summed E-state index contributed by atoms with van der Waals surface area (Å²) in [4.78, 5) is 4.06. The Labute approximate surface area is 156 Å². The predicted octanol–water partition coefficient (Wildman–Crippen LogP) is 4.32. The molecule has 0 bridgehead atoms. The topological polar surface area (TPSA) is 56.7 Å². The molecule has 1 aromatic carbocycles. The van der Waals surface area contributed by atoms with Crippen molar-refractivity contribution in [1.29, 1.82) is 0 Å². The number of aryl methyl sites for hydroxylation is 1. The molecule has 3 heterocycles. The van der Waals surface area contributed by atoms with Crippen LogP contribution >= 0.6 is 11.8 Å². The fraction of sp³-hybridized carbons (Fsp3) is 0.150. The summed E-state index contributed by atoms with van der Waals surface area (Å²) < 4.78 is 7.66. The normalized spacial score (nSPS) is 10.9. The van der Waals surface area contributed by atoms with E-state index in [1.165, 1.54) is 11.1 Å². The minimum Gasteiger partial charge on any atom is -0.461 e. The molecule has 0 radical (unpaired) electrons. The van der Waals surface area contributed by atoms with Crippen LogP contribution in [0.25, 0.3) is 11.6 Å². The van der Waals surface area contributed by atoms with E-state index in [-0.39, 0.29) is 0 Å². The molecule has 0 aliphatic heterocycles. The van der Waals surface area contributed by atoms with Gasteiger partial charge in [0.1, 0.15) is 0 Å². The number of hydrogen-bond donors (Lipinski definition) is 0. The van der Waals surface area contributed by atoms with E-state index >= 15 is 0 Å². The Morgan fingerprint density at radius 1 is 0.885 bits per heavy atom. The molecule has 0 N–H and O–H groups in total. The van der Waals surface area contributed by atoms with Crippen molar-refractivity contribution < 1.29 is 4.42 Å². The van der Waals surface area contributed by atoms with Gasteiger partial charge in [0.05, 0.1) is 12.8 Å². The third-order valence-corrected chi connectivity index (χ3v) is 4.98. The maximum absolute atomic E-state index is 5.55. The Kier molecular flexibility index (Phi) is 5.12. The van der Waals surface area contributed by atoms with Crippen LogP contribution in [0.1, 0.15) is 11.1 Å². The maximum atomic E-state index is 5.55. The third-order valence-electron chi connectivity index (χ3n) is 4.01.